The molecule has 0 unspecified atom stereocenters. The van der Waals surface area contributed by atoms with E-state index in [4.69, 9.17) is 4.74 Å². The molecule has 1 aromatic carbocycles. The molecule has 0 aromatic heterocycles. The molecule has 0 saturated carbocycles. The van der Waals surface area contributed by atoms with Crippen LogP contribution in [0, 0.1) is 10.1 Å². The molecule has 0 aliphatic carbocycles. The molecule has 0 aliphatic rings. The van der Waals surface area contributed by atoms with Crippen LogP contribution in [0.4, 0.5) is 11.4 Å². The second kappa shape index (κ2) is 4.88. The second-order valence-electron chi connectivity index (χ2n) is 2.52. The predicted molar refractivity (Wildman–Crippen MR) is 52.0 cm³/mol. The Morgan fingerprint density at radius 2 is 2.33 bits per heavy atom. The lowest BCUT2D eigenvalue weighted by atomic mass is 10.2. The summed E-state index contributed by atoms with van der Waals surface area (Å²) in [5.41, 5.74) is -0.102. The van der Waals surface area contributed by atoms with Crippen molar-refractivity contribution in [2.24, 2.45) is 4.99 Å². The smallest absolute Gasteiger partial charge is 0.313 e. The van der Waals surface area contributed by atoms with Crippen molar-refractivity contribution >= 4 is 17.5 Å². The summed E-state index contributed by atoms with van der Waals surface area (Å²) < 4.78 is 5.07. The van der Waals surface area contributed by atoms with Gasteiger partial charge in [0.15, 0.2) is 0 Å². The van der Waals surface area contributed by atoms with Gasteiger partial charge in [0.25, 0.3) is 0 Å². The van der Waals surface area contributed by atoms with Crippen LogP contribution in [-0.4, -0.2) is 17.6 Å². The first kappa shape index (κ1) is 10.9. The van der Waals surface area contributed by atoms with Crippen LogP contribution in [-0.2, 0) is 4.79 Å². The van der Waals surface area contributed by atoms with Crippen LogP contribution < -0.4 is 4.74 Å². The molecule has 0 aliphatic heterocycles. The fourth-order valence-corrected chi connectivity index (χ4v) is 1.09. The fourth-order valence-electron chi connectivity index (χ4n) is 1.09. The number of nitrogens with zero attached hydrogens (tertiary/aromatic N) is 2. The lowest BCUT2D eigenvalue weighted by Gasteiger charge is -2.05. The average Bonchev–Trinajstić information content (AvgIpc) is 2.21. The van der Waals surface area contributed by atoms with Crippen molar-refractivity contribution in [1.29, 1.82) is 0 Å². The van der Waals surface area contributed by atoms with E-state index >= 15 is 0 Å². The number of benzene rings is 1. The van der Waals surface area contributed by atoms with E-state index in [9.17, 15) is 14.9 Å². The Morgan fingerprint density at radius 3 is 2.87 bits per heavy atom. The van der Waals surface area contributed by atoms with Crippen molar-refractivity contribution in [2.75, 3.05) is 6.61 Å². The number of isocyanates is 1. The Balaban J connectivity index is 3.33. The minimum Gasteiger partial charge on any atom is -0.486 e. The number of rotatable bonds is 4. The summed E-state index contributed by atoms with van der Waals surface area (Å²) in [6, 6.07) is 4.16. The third-order valence-corrected chi connectivity index (χ3v) is 1.62. The molecule has 15 heavy (non-hydrogen) atoms. The largest absolute Gasteiger partial charge is 0.486 e. The Bertz CT molecular complexity index is 404. The first-order valence-electron chi connectivity index (χ1n) is 4.18. The molecule has 1 aromatic rings. The van der Waals surface area contributed by atoms with Gasteiger partial charge in [0, 0.05) is 6.07 Å². The molecule has 0 saturated heterocycles. The first-order chi connectivity index (χ1) is 7.20. The standard InChI is InChI=1S/C9H8N2O4/c1-2-15-9-7(10-6-12)4-3-5-8(9)11(13)14/h3-5H,2H2,1H3. The monoisotopic (exact) mass is 208 g/mol. The van der Waals surface area contributed by atoms with E-state index in [1.807, 2.05) is 0 Å². The molecular formula is C9H8N2O4. The summed E-state index contributed by atoms with van der Waals surface area (Å²) in [6.07, 6.45) is 1.32. The summed E-state index contributed by atoms with van der Waals surface area (Å²) in [6.45, 7) is 1.94. The summed E-state index contributed by atoms with van der Waals surface area (Å²) in [5.74, 6) is -0.00616. The van der Waals surface area contributed by atoms with Gasteiger partial charge in [0.2, 0.25) is 11.8 Å². The Morgan fingerprint density at radius 1 is 1.60 bits per heavy atom. The maximum absolute atomic E-state index is 10.6. The molecular weight excluding hydrogens is 200 g/mol. The number of para-hydroxylation sites is 1. The quantitative estimate of drug-likeness (QED) is 0.327. The molecule has 0 radical (unpaired) electrons. The zero-order valence-corrected chi connectivity index (χ0v) is 7.97. The van der Waals surface area contributed by atoms with E-state index in [0.29, 0.717) is 0 Å². The van der Waals surface area contributed by atoms with Gasteiger partial charge in [0.05, 0.1) is 11.5 Å². The van der Waals surface area contributed by atoms with Crippen LogP contribution in [0.5, 0.6) is 5.75 Å². The summed E-state index contributed by atoms with van der Waals surface area (Å²) in [5, 5.41) is 10.6. The highest BCUT2D eigenvalue weighted by Crippen LogP contribution is 2.36. The third-order valence-electron chi connectivity index (χ3n) is 1.62. The predicted octanol–water partition coefficient (Wildman–Crippen LogP) is 1.96. The molecule has 0 spiro atoms. The van der Waals surface area contributed by atoms with E-state index in [1.54, 1.807) is 6.92 Å². The van der Waals surface area contributed by atoms with E-state index in [2.05, 4.69) is 4.99 Å². The average molecular weight is 208 g/mol. The van der Waals surface area contributed by atoms with Gasteiger partial charge in [-0.2, -0.15) is 4.99 Å². The topological polar surface area (TPSA) is 81.8 Å². The van der Waals surface area contributed by atoms with Gasteiger partial charge in [-0.05, 0) is 13.0 Å². The van der Waals surface area contributed by atoms with Crippen LogP contribution in [0.1, 0.15) is 6.92 Å². The van der Waals surface area contributed by atoms with E-state index < -0.39 is 4.92 Å². The lowest BCUT2D eigenvalue weighted by Crippen LogP contribution is -1.97. The molecule has 1 rings (SSSR count). The molecule has 78 valence electrons. The van der Waals surface area contributed by atoms with Crippen LogP contribution in [0.15, 0.2) is 23.2 Å². The molecule has 0 N–H and O–H groups in total. The number of hydrogen-bond acceptors (Lipinski definition) is 5. The molecule has 0 fully saturated rings. The van der Waals surface area contributed by atoms with Gasteiger partial charge >= 0.3 is 5.69 Å². The maximum atomic E-state index is 10.6. The second-order valence-corrected chi connectivity index (χ2v) is 2.52. The molecule has 0 heterocycles. The highest BCUT2D eigenvalue weighted by atomic mass is 16.6. The van der Waals surface area contributed by atoms with Crippen molar-refractivity contribution in [2.45, 2.75) is 6.92 Å². The van der Waals surface area contributed by atoms with E-state index in [-0.39, 0.29) is 23.7 Å². The summed E-state index contributed by atoms with van der Waals surface area (Å²) in [7, 11) is 0. The van der Waals surface area contributed by atoms with Gasteiger partial charge < -0.3 is 4.74 Å². The number of ether oxygens (including phenoxy) is 1. The van der Waals surface area contributed by atoms with Crippen molar-refractivity contribution < 1.29 is 14.5 Å². The van der Waals surface area contributed by atoms with Gasteiger partial charge in [0.1, 0.15) is 5.69 Å². The number of aliphatic imine (C=N–C) groups is 1. The van der Waals surface area contributed by atoms with Gasteiger partial charge in [-0.15, -0.1) is 0 Å². The molecule has 0 atom stereocenters. The highest BCUT2D eigenvalue weighted by Gasteiger charge is 2.18. The van der Waals surface area contributed by atoms with Crippen molar-refractivity contribution in [3.05, 3.63) is 28.3 Å². The van der Waals surface area contributed by atoms with E-state index in [1.165, 1.54) is 24.3 Å². The van der Waals surface area contributed by atoms with Crippen molar-refractivity contribution in [3.8, 4) is 5.75 Å². The van der Waals surface area contributed by atoms with Gasteiger partial charge in [-0.1, -0.05) is 6.07 Å². The molecule has 0 amide bonds. The molecule has 0 bridgehead atoms. The SMILES string of the molecule is CCOc1c(N=C=O)cccc1[N+](=O)[O-]. The van der Waals surface area contributed by atoms with Gasteiger partial charge in [-0.25, -0.2) is 4.79 Å². The Labute approximate surface area is 85.3 Å². The van der Waals surface area contributed by atoms with Crippen molar-refractivity contribution in [1.82, 2.24) is 0 Å². The third kappa shape index (κ3) is 2.38. The van der Waals surface area contributed by atoms with E-state index in [0.717, 1.165) is 0 Å². The minimum atomic E-state index is -0.588. The molecule has 6 heteroatoms. The number of nitro groups is 1. The van der Waals surface area contributed by atoms with Crippen LogP contribution in [0.2, 0.25) is 0 Å². The maximum Gasteiger partial charge on any atom is 0.313 e. The van der Waals surface area contributed by atoms with Crippen LogP contribution >= 0.6 is 0 Å². The van der Waals surface area contributed by atoms with Crippen molar-refractivity contribution in [3.63, 3.8) is 0 Å². The van der Waals surface area contributed by atoms with Crippen LogP contribution in [0.25, 0.3) is 0 Å². The Kier molecular flexibility index (Phi) is 3.54. The normalized spacial score (nSPS) is 9.13. The summed E-state index contributed by atoms with van der Waals surface area (Å²) >= 11 is 0. The fraction of sp³-hybridized carbons (Fsp3) is 0.222. The zero-order valence-electron chi connectivity index (χ0n) is 7.97. The molecule has 6 nitrogen and oxygen atoms in total. The number of nitro benzene ring substituents is 1. The zero-order chi connectivity index (χ0) is 11.3. The summed E-state index contributed by atoms with van der Waals surface area (Å²) in [4.78, 5) is 23.5. The number of hydrogen-bond donors (Lipinski definition) is 0. The number of carbonyl (C=O) groups excluding carboxylic acids is 1. The van der Waals surface area contributed by atoms with Gasteiger partial charge in [-0.3, -0.25) is 10.1 Å². The Hall–Kier alpha value is -2.20. The highest BCUT2D eigenvalue weighted by molar-refractivity contribution is 5.66. The van der Waals surface area contributed by atoms with Crippen LogP contribution in [0.3, 0.4) is 0 Å². The lowest BCUT2D eigenvalue weighted by molar-refractivity contribution is -0.385. The first-order valence-corrected chi connectivity index (χ1v) is 4.18. The minimum absolute atomic E-state index is 0.00616.